The Labute approximate surface area is 117 Å². The van der Waals surface area contributed by atoms with Crippen molar-refractivity contribution in [1.82, 2.24) is 4.98 Å². The second-order valence-electron chi connectivity index (χ2n) is 4.37. The summed E-state index contributed by atoms with van der Waals surface area (Å²) in [5.41, 5.74) is -1.39. The van der Waals surface area contributed by atoms with Gasteiger partial charge in [0.15, 0.2) is 0 Å². The summed E-state index contributed by atoms with van der Waals surface area (Å²) in [6, 6.07) is 7.55. The summed E-state index contributed by atoms with van der Waals surface area (Å²) in [6.45, 7) is 1.37. The first kappa shape index (κ1) is 14.7. The van der Waals surface area contributed by atoms with E-state index in [1.807, 2.05) is 6.07 Å². The number of H-pyrrole nitrogens is 1. The Hall–Kier alpha value is -2.75. The third kappa shape index (κ3) is 2.60. The number of benzene rings is 1. The number of aromatic amines is 1. The number of carbonyl (C=O) groups is 1. The zero-order chi connectivity index (χ0) is 15.8. The zero-order valence-electron chi connectivity index (χ0n) is 10.7. The van der Waals surface area contributed by atoms with Crippen molar-refractivity contribution in [2.24, 2.45) is 0 Å². The summed E-state index contributed by atoms with van der Waals surface area (Å²) >= 11 is 0. The van der Waals surface area contributed by atoms with Crippen LogP contribution >= 0.6 is 0 Å². The van der Waals surface area contributed by atoms with Crippen molar-refractivity contribution in [3.05, 3.63) is 46.8 Å². The molecule has 1 aromatic heterocycles. The molecule has 7 heteroatoms. The van der Waals surface area contributed by atoms with E-state index in [1.165, 1.54) is 31.2 Å². The first-order chi connectivity index (χ1) is 9.75. The van der Waals surface area contributed by atoms with E-state index in [0.29, 0.717) is 11.1 Å². The standard InChI is InChI=1S/C14H9F3N2O2/c1-7-10(9-4-2-8(6-18)3-5-9)11(13(20)21)12(19-7)14(15,16)17/h2-5,19H,1H3,(H,20,21). The fraction of sp³-hybridized carbons (Fsp3) is 0.143. The number of aromatic carboxylic acids is 1. The number of aryl methyl sites for hydroxylation is 1. The third-order valence-corrected chi connectivity index (χ3v) is 2.99. The number of carboxylic acid groups (broad SMARTS) is 1. The molecule has 2 rings (SSSR count). The molecule has 21 heavy (non-hydrogen) atoms. The molecule has 0 fully saturated rings. The summed E-state index contributed by atoms with van der Waals surface area (Å²) in [6.07, 6.45) is -4.79. The van der Waals surface area contributed by atoms with Crippen LogP contribution < -0.4 is 0 Å². The average Bonchev–Trinajstić information content (AvgIpc) is 2.76. The lowest BCUT2D eigenvalue weighted by molar-refractivity contribution is -0.141. The van der Waals surface area contributed by atoms with Gasteiger partial charge in [-0.1, -0.05) is 12.1 Å². The molecule has 0 saturated heterocycles. The Morgan fingerprint density at radius 3 is 2.29 bits per heavy atom. The van der Waals surface area contributed by atoms with Gasteiger partial charge in [-0.25, -0.2) is 4.79 Å². The van der Waals surface area contributed by atoms with E-state index < -0.39 is 23.4 Å². The Balaban J connectivity index is 2.71. The van der Waals surface area contributed by atoms with E-state index in [4.69, 9.17) is 10.4 Å². The zero-order valence-corrected chi connectivity index (χ0v) is 10.7. The quantitative estimate of drug-likeness (QED) is 0.888. The van der Waals surface area contributed by atoms with Crippen molar-refractivity contribution in [3.8, 4) is 17.2 Å². The van der Waals surface area contributed by atoms with Crippen molar-refractivity contribution >= 4 is 5.97 Å². The van der Waals surface area contributed by atoms with Crippen LogP contribution in [0.2, 0.25) is 0 Å². The monoisotopic (exact) mass is 294 g/mol. The van der Waals surface area contributed by atoms with Crippen LogP contribution in [0.25, 0.3) is 11.1 Å². The molecular weight excluding hydrogens is 285 g/mol. The number of rotatable bonds is 2. The van der Waals surface area contributed by atoms with Crippen LogP contribution in [0.1, 0.15) is 27.3 Å². The summed E-state index contributed by atoms with van der Waals surface area (Å²) in [5.74, 6) is -1.66. The number of hydrogen-bond acceptors (Lipinski definition) is 2. The van der Waals surface area contributed by atoms with Gasteiger partial charge in [0.05, 0.1) is 17.2 Å². The Morgan fingerprint density at radius 1 is 1.29 bits per heavy atom. The van der Waals surface area contributed by atoms with Crippen LogP contribution in [-0.4, -0.2) is 16.1 Å². The minimum atomic E-state index is -4.79. The number of aromatic nitrogens is 1. The molecule has 0 radical (unpaired) electrons. The number of hydrogen-bond donors (Lipinski definition) is 2. The van der Waals surface area contributed by atoms with Gasteiger partial charge in [-0.3, -0.25) is 0 Å². The van der Waals surface area contributed by atoms with Gasteiger partial charge in [0.2, 0.25) is 0 Å². The van der Waals surface area contributed by atoms with E-state index in [-0.39, 0.29) is 11.3 Å². The molecule has 2 aromatic rings. The number of nitrogens with zero attached hydrogens (tertiary/aromatic N) is 1. The molecule has 0 unspecified atom stereocenters. The topological polar surface area (TPSA) is 76.9 Å². The maximum Gasteiger partial charge on any atom is 0.432 e. The average molecular weight is 294 g/mol. The van der Waals surface area contributed by atoms with Crippen molar-refractivity contribution < 1.29 is 23.1 Å². The van der Waals surface area contributed by atoms with Gasteiger partial charge in [0.25, 0.3) is 0 Å². The number of carboxylic acids is 1. The lowest BCUT2D eigenvalue weighted by atomic mass is 9.99. The molecule has 0 atom stereocenters. The van der Waals surface area contributed by atoms with Crippen molar-refractivity contribution in [2.75, 3.05) is 0 Å². The molecule has 0 aliphatic heterocycles. The van der Waals surface area contributed by atoms with E-state index in [1.54, 1.807) is 0 Å². The minimum absolute atomic E-state index is 0.0284. The molecule has 4 nitrogen and oxygen atoms in total. The second-order valence-corrected chi connectivity index (χ2v) is 4.37. The van der Waals surface area contributed by atoms with Gasteiger partial charge in [-0.05, 0) is 24.6 Å². The van der Waals surface area contributed by atoms with Crippen molar-refractivity contribution in [2.45, 2.75) is 13.1 Å². The number of halogens is 3. The van der Waals surface area contributed by atoms with Gasteiger partial charge >= 0.3 is 12.1 Å². The van der Waals surface area contributed by atoms with Crippen molar-refractivity contribution in [3.63, 3.8) is 0 Å². The van der Waals surface area contributed by atoms with E-state index in [2.05, 4.69) is 4.98 Å². The van der Waals surface area contributed by atoms with Crippen LogP contribution in [0.3, 0.4) is 0 Å². The summed E-state index contributed by atoms with van der Waals surface area (Å²) in [5, 5.41) is 17.8. The highest BCUT2D eigenvalue weighted by Crippen LogP contribution is 2.38. The second kappa shape index (κ2) is 4.98. The Bertz CT molecular complexity index is 737. The lowest BCUT2D eigenvalue weighted by Gasteiger charge is -2.07. The van der Waals surface area contributed by atoms with E-state index in [0.717, 1.165) is 0 Å². The SMILES string of the molecule is Cc1[nH]c(C(F)(F)F)c(C(=O)O)c1-c1ccc(C#N)cc1. The maximum atomic E-state index is 12.9. The van der Waals surface area contributed by atoms with Crippen LogP contribution in [0.4, 0.5) is 13.2 Å². The first-order valence-electron chi connectivity index (χ1n) is 5.79. The molecule has 1 aromatic carbocycles. The van der Waals surface area contributed by atoms with Crippen LogP contribution in [0, 0.1) is 18.3 Å². The number of alkyl halides is 3. The maximum absolute atomic E-state index is 12.9. The highest BCUT2D eigenvalue weighted by Gasteiger charge is 2.39. The summed E-state index contributed by atoms with van der Waals surface area (Å²) in [4.78, 5) is 13.3. The lowest BCUT2D eigenvalue weighted by Crippen LogP contribution is -2.12. The van der Waals surface area contributed by atoms with Gasteiger partial charge in [0, 0.05) is 11.3 Å². The third-order valence-electron chi connectivity index (χ3n) is 2.99. The largest absolute Gasteiger partial charge is 0.478 e. The van der Waals surface area contributed by atoms with Gasteiger partial charge in [0.1, 0.15) is 5.69 Å². The molecule has 0 amide bonds. The first-order valence-corrected chi connectivity index (χ1v) is 5.79. The predicted octanol–water partition coefficient (Wildman–Crippen LogP) is 3.58. The molecule has 0 aliphatic rings. The molecule has 2 N–H and O–H groups in total. The van der Waals surface area contributed by atoms with Crippen LogP contribution in [-0.2, 0) is 6.18 Å². The Kier molecular flexibility index (Phi) is 3.47. The van der Waals surface area contributed by atoms with E-state index in [9.17, 15) is 18.0 Å². The minimum Gasteiger partial charge on any atom is -0.478 e. The molecule has 0 aliphatic carbocycles. The Morgan fingerprint density at radius 2 is 1.86 bits per heavy atom. The highest BCUT2D eigenvalue weighted by atomic mass is 19.4. The summed E-state index contributed by atoms with van der Waals surface area (Å²) in [7, 11) is 0. The van der Waals surface area contributed by atoms with Gasteiger partial charge in [-0.2, -0.15) is 18.4 Å². The molecule has 0 saturated carbocycles. The number of nitrogens with one attached hydrogen (secondary N) is 1. The van der Waals surface area contributed by atoms with Crippen molar-refractivity contribution in [1.29, 1.82) is 5.26 Å². The molecule has 1 heterocycles. The smallest absolute Gasteiger partial charge is 0.432 e. The summed E-state index contributed by atoms with van der Waals surface area (Å²) < 4.78 is 38.7. The molecule has 108 valence electrons. The molecule has 0 spiro atoms. The normalized spacial score (nSPS) is 11.2. The van der Waals surface area contributed by atoms with Gasteiger partial charge < -0.3 is 10.1 Å². The molecule has 0 bridgehead atoms. The van der Waals surface area contributed by atoms with Gasteiger partial charge in [-0.15, -0.1) is 0 Å². The number of nitriles is 1. The van der Waals surface area contributed by atoms with E-state index >= 15 is 0 Å². The fourth-order valence-corrected chi connectivity index (χ4v) is 2.12. The molecular formula is C14H9F3N2O2. The van der Waals surface area contributed by atoms with Crippen LogP contribution in [0.15, 0.2) is 24.3 Å². The highest BCUT2D eigenvalue weighted by molar-refractivity contribution is 5.98. The fourth-order valence-electron chi connectivity index (χ4n) is 2.12. The predicted molar refractivity (Wildman–Crippen MR) is 67.6 cm³/mol. The van der Waals surface area contributed by atoms with Crippen LogP contribution in [0.5, 0.6) is 0 Å².